The number of ether oxygens (including phenoxy) is 1. The fourth-order valence-corrected chi connectivity index (χ4v) is 5.77. The van der Waals surface area contributed by atoms with Crippen LogP contribution in [0.3, 0.4) is 0 Å². The fraction of sp³-hybridized carbons (Fsp3) is 0.360. The van der Waals surface area contributed by atoms with E-state index in [2.05, 4.69) is 11.4 Å². The van der Waals surface area contributed by atoms with Crippen molar-refractivity contribution in [2.75, 3.05) is 26.7 Å². The summed E-state index contributed by atoms with van der Waals surface area (Å²) in [4.78, 5) is 46.7. The predicted molar refractivity (Wildman–Crippen MR) is 129 cm³/mol. The molecule has 0 aliphatic carbocycles. The van der Waals surface area contributed by atoms with Gasteiger partial charge in [0.15, 0.2) is 0 Å². The van der Waals surface area contributed by atoms with E-state index in [9.17, 15) is 14.4 Å². The molecule has 0 radical (unpaired) electrons. The number of carbonyl (C=O) groups excluding carboxylic acids is 3. The Morgan fingerprint density at radius 1 is 1.24 bits per heavy atom. The maximum atomic E-state index is 13.3. The number of imide groups is 1. The third-order valence-corrected chi connectivity index (χ3v) is 7.85. The number of hydrogen-bond acceptors (Lipinski definition) is 6. The first-order chi connectivity index (χ1) is 16.4. The molecular formula is C25H26N4O4S. The quantitative estimate of drug-likeness (QED) is 0.567. The number of urea groups is 1. The van der Waals surface area contributed by atoms with E-state index < -0.39 is 17.5 Å². The number of nitrogens with one attached hydrogen (secondary N) is 1. The topological polar surface area (TPSA) is 91.8 Å². The first-order valence-corrected chi connectivity index (χ1v) is 12.1. The van der Waals surface area contributed by atoms with Crippen molar-refractivity contribution in [3.8, 4) is 5.75 Å². The second kappa shape index (κ2) is 8.72. The fourth-order valence-electron chi connectivity index (χ4n) is 4.68. The highest BCUT2D eigenvalue weighted by atomic mass is 32.1. The van der Waals surface area contributed by atoms with Gasteiger partial charge in [0, 0.05) is 19.0 Å². The standard InChI is InChI=1S/C25H26N4O4S/c1-25(17-8-5-9-18(13-17)33-2)23(31)29(24(32)27-25)15-21(30)28-12-6-7-16(14-28)22-26-19-10-3-4-11-20(19)34-22/h3-5,8-11,13,16H,6-7,12,14-15H2,1-2H3,(H,27,32)/t16-,25+/m0/s1. The van der Waals surface area contributed by atoms with Crippen molar-refractivity contribution in [2.45, 2.75) is 31.2 Å². The molecule has 1 aromatic heterocycles. The zero-order valence-electron chi connectivity index (χ0n) is 19.1. The van der Waals surface area contributed by atoms with Crippen LogP contribution in [0.4, 0.5) is 4.79 Å². The minimum atomic E-state index is -1.25. The van der Waals surface area contributed by atoms with Gasteiger partial charge in [-0.25, -0.2) is 9.78 Å². The lowest BCUT2D eigenvalue weighted by atomic mass is 9.92. The van der Waals surface area contributed by atoms with Crippen molar-refractivity contribution in [2.24, 2.45) is 0 Å². The molecule has 2 aromatic carbocycles. The van der Waals surface area contributed by atoms with E-state index in [0.717, 1.165) is 33.0 Å². The number of carbonyl (C=O) groups is 3. The van der Waals surface area contributed by atoms with Crippen LogP contribution in [-0.4, -0.2) is 59.4 Å². The number of fused-ring (bicyclic) bond motifs is 1. The zero-order chi connectivity index (χ0) is 23.9. The Bertz CT molecular complexity index is 1240. The number of methoxy groups -OCH3 is 1. The number of amides is 4. The van der Waals surface area contributed by atoms with E-state index in [0.29, 0.717) is 24.4 Å². The van der Waals surface area contributed by atoms with E-state index in [1.807, 2.05) is 18.2 Å². The number of nitrogens with zero attached hydrogens (tertiary/aromatic N) is 3. The van der Waals surface area contributed by atoms with E-state index in [1.54, 1.807) is 54.5 Å². The molecular weight excluding hydrogens is 452 g/mol. The zero-order valence-corrected chi connectivity index (χ0v) is 19.9. The van der Waals surface area contributed by atoms with Crippen LogP contribution in [0.1, 0.15) is 36.3 Å². The Labute approximate surface area is 201 Å². The van der Waals surface area contributed by atoms with Crippen LogP contribution in [0.15, 0.2) is 48.5 Å². The van der Waals surface area contributed by atoms with Crippen molar-refractivity contribution < 1.29 is 19.1 Å². The third-order valence-electron chi connectivity index (χ3n) is 6.65. The van der Waals surface area contributed by atoms with Crippen LogP contribution in [-0.2, 0) is 15.1 Å². The Hall–Kier alpha value is -3.46. The van der Waals surface area contributed by atoms with Crippen LogP contribution in [0.25, 0.3) is 10.2 Å². The average Bonchev–Trinajstić information content (AvgIpc) is 3.39. The monoisotopic (exact) mass is 478 g/mol. The van der Waals surface area contributed by atoms with Crippen LogP contribution in [0, 0.1) is 0 Å². The lowest BCUT2D eigenvalue weighted by Crippen LogP contribution is -2.47. The van der Waals surface area contributed by atoms with E-state index >= 15 is 0 Å². The maximum Gasteiger partial charge on any atom is 0.325 e. The summed E-state index contributed by atoms with van der Waals surface area (Å²) >= 11 is 1.66. The summed E-state index contributed by atoms with van der Waals surface area (Å²) in [6, 6.07) is 14.5. The number of para-hydroxylation sites is 1. The van der Waals surface area contributed by atoms with Gasteiger partial charge >= 0.3 is 6.03 Å². The second-order valence-corrected chi connectivity index (χ2v) is 9.94. The van der Waals surface area contributed by atoms with Gasteiger partial charge in [-0.1, -0.05) is 24.3 Å². The summed E-state index contributed by atoms with van der Waals surface area (Å²) in [5, 5.41) is 3.79. The summed E-state index contributed by atoms with van der Waals surface area (Å²) in [6.45, 7) is 2.51. The van der Waals surface area contributed by atoms with Crippen LogP contribution in [0.2, 0.25) is 0 Å². The van der Waals surface area contributed by atoms with Gasteiger partial charge < -0.3 is 15.0 Å². The summed E-state index contributed by atoms with van der Waals surface area (Å²) in [6.07, 6.45) is 1.81. The molecule has 4 amide bonds. The maximum absolute atomic E-state index is 13.3. The van der Waals surface area contributed by atoms with Gasteiger partial charge in [-0.05, 0) is 49.6 Å². The van der Waals surface area contributed by atoms with Crippen molar-refractivity contribution in [1.29, 1.82) is 0 Å². The van der Waals surface area contributed by atoms with Gasteiger partial charge in [0.05, 0.1) is 22.3 Å². The van der Waals surface area contributed by atoms with Crippen molar-refractivity contribution in [3.05, 3.63) is 59.1 Å². The second-order valence-electron chi connectivity index (χ2n) is 8.88. The molecule has 8 nitrogen and oxygen atoms in total. The third kappa shape index (κ3) is 3.90. The number of piperidine rings is 1. The van der Waals surface area contributed by atoms with Crippen molar-refractivity contribution in [3.63, 3.8) is 0 Å². The number of aromatic nitrogens is 1. The van der Waals surface area contributed by atoms with Gasteiger partial charge in [0.25, 0.3) is 5.91 Å². The Morgan fingerprint density at radius 2 is 2.06 bits per heavy atom. The van der Waals surface area contributed by atoms with Crippen LogP contribution < -0.4 is 10.1 Å². The number of thiazole rings is 1. The molecule has 1 N–H and O–H groups in total. The Kier molecular flexibility index (Phi) is 5.73. The van der Waals surface area contributed by atoms with Gasteiger partial charge in [-0.3, -0.25) is 14.5 Å². The summed E-state index contributed by atoms with van der Waals surface area (Å²) in [5.41, 5.74) is 0.327. The molecule has 0 saturated carbocycles. The number of likely N-dealkylation sites (tertiary alicyclic amines) is 1. The van der Waals surface area contributed by atoms with Crippen LogP contribution >= 0.6 is 11.3 Å². The molecule has 2 atom stereocenters. The lowest BCUT2D eigenvalue weighted by Gasteiger charge is -2.32. The summed E-state index contributed by atoms with van der Waals surface area (Å²) < 4.78 is 6.39. The molecule has 0 bridgehead atoms. The van der Waals surface area contributed by atoms with Gasteiger partial charge in [0.2, 0.25) is 5.91 Å². The van der Waals surface area contributed by atoms with Gasteiger partial charge in [0.1, 0.15) is 17.8 Å². The molecule has 0 spiro atoms. The van der Waals surface area contributed by atoms with E-state index in [1.165, 1.54) is 0 Å². The minimum absolute atomic E-state index is 0.153. The summed E-state index contributed by atoms with van der Waals surface area (Å²) in [5.74, 6) is 0.0628. The molecule has 0 unspecified atom stereocenters. The minimum Gasteiger partial charge on any atom is -0.497 e. The molecule has 5 rings (SSSR count). The van der Waals surface area contributed by atoms with E-state index in [-0.39, 0.29) is 18.4 Å². The lowest BCUT2D eigenvalue weighted by molar-refractivity contribution is -0.139. The molecule has 3 heterocycles. The molecule has 3 aromatic rings. The van der Waals surface area contributed by atoms with Gasteiger partial charge in [-0.2, -0.15) is 0 Å². The molecule has 2 aliphatic rings. The highest BCUT2D eigenvalue weighted by Gasteiger charge is 2.50. The highest BCUT2D eigenvalue weighted by Crippen LogP contribution is 2.34. The van der Waals surface area contributed by atoms with Crippen molar-refractivity contribution >= 4 is 39.4 Å². The largest absolute Gasteiger partial charge is 0.497 e. The molecule has 2 aliphatic heterocycles. The number of benzene rings is 2. The predicted octanol–water partition coefficient (Wildman–Crippen LogP) is 3.48. The Balaban J connectivity index is 1.29. The molecule has 2 fully saturated rings. The van der Waals surface area contributed by atoms with Crippen LogP contribution in [0.5, 0.6) is 5.75 Å². The van der Waals surface area contributed by atoms with E-state index in [4.69, 9.17) is 9.72 Å². The molecule has 2 saturated heterocycles. The highest BCUT2D eigenvalue weighted by molar-refractivity contribution is 7.18. The smallest absolute Gasteiger partial charge is 0.325 e. The first kappa shape index (κ1) is 22.3. The molecule has 176 valence electrons. The average molecular weight is 479 g/mol. The summed E-state index contributed by atoms with van der Waals surface area (Å²) in [7, 11) is 1.54. The van der Waals surface area contributed by atoms with Crippen molar-refractivity contribution in [1.82, 2.24) is 20.1 Å². The molecule has 34 heavy (non-hydrogen) atoms. The SMILES string of the molecule is COc1cccc([C@@]2(C)NC(=O)N(CC(=O)N3CCC[C@H](c4nc5ccccc5s4)C3)C2=O)c1. The first-order valence-electron chi connectivity index (χ1n) is 11.3. The Morgan fingerprint density at radius 3 is 2.85 bits per heavy atom. The normalized spacial score (nSPS) is 22.8. The number of hydrogen-bond donors (Lipinski definition) is 1. The number of rotatable bonds is 5. The van der Waals surface area contributed by atoms with Gasteiger partial charge in [-0.15, -0.1) is 11.3 Å². The molecule has 9 heteroatoms.